The normalized spacial score (nSPS) is 12.3. The fraction of sp³-hybridized carbons (Fsp3) is 0.238. The van der Waals surface area contributed by atoms with Crippen molar-refractivity contribution in [2.75, 3.05) is 6.61 Å². The van der Waals surface area contributed by atoms with Gasteiger partial charge in [-0.3, -0.25) is 9.78 Å². The Balaban J connectivity index is 1.79. The molecule has 0 saturated carbocycles. The summed E-state index contributed by atoms with van der Waals surface area (Å²) in [6.07, 6.45) is 5.10. The third-order valence-corrected chi connectivity index (χ3v) is 4.55. The molecule has 0 atom stereocenters. The fourth-order valence-electron chi connectivity index (χ4n) is 3.33. The maximum Gasteiger partial charge on any atom is 0.212 e. The summed E-state index contributed by atoms with van der Waals surface area (Å²) in [6, 6.07) is 13.8. The van der Waals surface area contributed by atoms with Gasteiger partial charge in [-0.15, -0.1) is 0 Å². The lowest BCUT2D eigenvalue weighted by atomic mass is 9.85. The summed E-state index contributed by atoms with van der Waals surface area (Å²) in [5.74, 6) is 0.814. The summed E-state index contributed by atoms with van der Waals surface area (Å²) in [4.78, 5) is 17.1. The zero-order chi connectivity index (χ0) is 16.5. The highest BCUT2D eigenvalue weighted by Gasteiger charge is 2.26. The molecule has 3 aromatic rings. The van der Waals surface area contributed by atoms with Gasteiger partial charge in [0.1, 0.15) is 11.4 Å². The SMILES string of the molecule is CCCCCOc1ccc2c(c1)-c1cccc3ccnc(c13)C2=O. The quantitative estimate of drug-likeness (QED) is 0.485. The van der Waals surface area contributed by atoms with E-state index in [1.54, 1.807) is 6.20 Å². The zero-order valence-electron chi connectivity index (χ0n) is 13.7. The van der Waals surface area contributed by atoms with Crippen LogP contribution < -0.4 is 4.74 Å². The number of nitrogens with zero attached hydrogens (tertiary/aromatic N) is 1. The number of carbonyl (C=O) groups excluding carboxylic acids is 1. The van der Waals surface area contributed by atoms with Gasteiger partial charge in [0.15, 0.2) is 0 Å². The van der Waals surface area contributed by atoms with Gasteiger partial charge in [0, 0.05) is 17.1 Å². The van der Waals surface area contributed by atoms with Crippen molar-refractivity contribution in [3.8, 4) is 16.9 Å². The minimum atomic E-state index is -0.00756. The lowest BCUT2D eigenvalue weighted by Gasteiger charge is -2.19. The first-order valence-electron chi connectivity index (χ1n) is 8.49. The Morgan fingerprint density at radius 1 is 1.00 bits per heavy atom. The van der Waals surface area contributed by atoms with Gasteiger partial charge in [-0.1, -0.05) is 38.0 Å². The van der Waals surface area contributed by atoms with Crippen LogP contribution in [-0.2, 0) is 0 Å². The van der Waals surface area contributed by atoms with Crippen LogP contribution in [0.3, 0.4) is 0 Å². The fourth-order valence-corrected chi connectivity index (χ4v) is 3.33. The molecule has 3 heteroatoms. The number of unbranched alkanes of at least 4 members (excludes halogenated alkanes) is 2. The van der Waals surface area contributed by atoms with Gasteiger partial charge < -0.3 is 4.74 Å². The van der Waals surface area contributed by atoms with E-state index in [1.807, 2.05) is 36.4 Å². The number of hydrogen-bond donors (Lipinski definition) is 0. The first kappa shape index (κ1) is 14.9. The third kappa shape index (κ3) is 2.37. The largest absolute Gasteiger partial charge is 0.494 e. The molecule has 0 radical (unpaired) electrons. The average molecular weight is 317 g/mol. The van der Waals surface area contributed by atoms with Crippen molar-refractivity contribution in [3.63, 3.8) is 0 Å². The molecule has 4 rings (SSSR count). The van der Waals surface area contributed by atoms with E-state index in [0.29, 0.717) is 17.9 Å². The van der Waals surface area contributed by atoms with Crippen LogP contribution in [0.5, 0.6) is 5.75 Å². The Kier molecular flexibility index (Phi) is 3.77. The molecule has 3 nitrogen and oxygen atoms in total. The molecule has 0 fully saturated rings. The smallest absolute Gasteiger partial charge is 0.212 e. The highest BCUT2D eigenvalue weighted by atomic mass is 16.5. The van der Waals surface area contributed by atoms with Gasteiger partial charge in [0.25, 0.3) is 0 Å². The summed E-state index contributed by atoms with van der Waals surface area (Å²) < 4.78 is 5.87. The molecule has 0 saturated heterocycles. The Bertz CT molecular complexity index is 925. The zero-order valence-corrected chi connectivity index (χ0v) is 13.7. The van der Waals surface area contributed by atoms with Crippen LogP contribution in [0.4, 0.5) is 0 Å². The predicted molar refractivity (Wildman–Crippen MR) is 95.6 cm³/mol. The number of rotatable bonds is 5. The van der Waals surface area contributed by atoms with Gasteiger partial charge in [-0.2, -0.15) is 0 Å². The van der Waals surface area contributed by atoms with E-state index in [2.05, 4.69) is 18.0 Å². The molecule has 1 heterocycles. The third-order valence-electron chi connectivity index (χ3n) is 4.55. The summed E-state index contributed by atoms with van der Waals surface area (Å²) >= 11 is 0. The lowest BCUT2D eigenvalue weighted by Crippen LogP contribution is -2.12. The molecule has 0 N–H and O–H groups in total. The van der Waals surface area contributed by atoms with E-state index in [-0.39, 0.29) is 5.78 Å². The van der Waals surface area contributed by atoms with E-state index < -0.39 is 0 Å². The molecule has 0 spiro atoms. The van der Waals surface area contributed by atoms with E-state index in [0.717, 1.165) is 34.1 Å². The number of pyridine rings is 1. The Morgan fingerprint density at radius 3 is 2.79 bits per heavy atom. The second-order valence-electron chi connectivity index (χ2n) is 6.16. The first-order chi connectivity index (χ1) is 11.8. The van der Waals surface area contributed by atoms with E-state index >= 15 is 0 Å². The van der Waals surface area contributed by atoms with Crippen molar-refractivity contribution in [3.05, 3.63) is 59.9 Å². The molecule has 24 heavy (non-hydrogen) atoms. The van der Waals surface area contributed by atoms with Gasteiger partial charge in [0.2, 0.25) is 5.78 Å². The number of aromatic nitrogens is 1. The molecule has 1 aromatic heterocycles. The minimum Gasteiger partial charge on any atom is -0.494 e. The summed E-state index contributed by atoms with van der Waals surface area (Å²) in [5, 5.41) is 1.99. The number of benzene rings is 2. The van der Waals surface area contributed by atoms with Gasteiger partial charge in [-0.05, 0) is 47.2 Å². The van der Waals surface area contributed by atoms with Crippen molar-refractivity contribution in [1.82, 2.24) is 4.98 Å². The number of carbonyl (C=O) groups is 1. The first-order valence-corrected chi connectivity index (χ1v) is 8.49. The van der Waals surface area contributed by atoms with Crippen LogP contribution in [0.25, 0.3) is 21.9 Å². The lowest BCUT2D eigenvalue weighted by molar-refractivity contribution is 0.103. The van der Waals surface area contributed by atoms with Crippen LogP contribution in [0.2, 0.25) is 0 Å². The van der Waals surface area contributed by atoms with Crippen molar-refractivity contribution in [2.24, 2.45) is 0 Å². The second kappa shape index (κ2) is 6.08. The molecule has 0 bridgehead atoms. The van der Waals surface area contributed by atoms with Gasteiger partial charge >= 0.3 is 0 Å². The maximum atomic E-state index is 12.8. The summed E-state index contributed by atoms with van der Waals surface area (Å²) in [6.45, 7) is 2.89. The molecule has 0 aliphatic heterocycles. The number of ketones is 1. The van der Waals surface area contributed by atoms with Gasteiger partial charge in [0.05, 0.1) is 6.61 Å². The van der Waals surface area contributed by atoms with E-state index in [9.17, 15) is 4.79 Å². The van der Waals surface area contributed by atoms with Crippen molar-refractivity contribution in [1.29, 1.82) is 0 Å². The van der Waals surface area contributed by atoms with Crippen LogP contribution in [0, 0.1) is 0 Å². The molecule has 0 unspecified atom stereocenters. The molecular weight excluding hydrogens is 298 g/mol. The van der Waals surface area contributed by atoms with Crippen LogP contribution in [0.15, 0.2) is 48.7 Å². The Labute approximate surface area is 141 Å². The molecule has 1 aliphatic carbocycles. The van der Waals surface area contributed by atoms with Crippen LogP contribution in [0.1, 0.15) is 42.2 Å². The number of ether oxygens (including phenoxy) is 1. The Hall–Kier alpha value is -2.68. The summed E-state index contributed by atoms with van der Waals surface area (Å²) in [7, 11) is 0. The molecule has 0 amide bonds. The monoisotopic (exact) mass is 317 g/mol. The van der Waals surface area contributed by atoms with Crippen molar-refractivity contribution >= 4 is 16.6 Å². The second-order valence-corrected chi connectivity index (χ2v) is 6.16. The maximum absolute atomic E-state index is 12.8. The number of hydrogen-bond acceptors (Lipinski definition) is 3. The summed E-state index contributed by atoms with van der Waals surface area (Å²) in [5.41, 5.74) is 3.25. The van der Waals surface area contributed by atoms with Crippen LogP contribution >= 0.6 is 0 Å². The van der Waals surface area contributed by atoms with Crippen molar-refractivity contribution < 1.29 is 9.53 Å². The molecular formula is C21H19NO2. The standard InChI is InChI=1S/C21H19NO2/c1-2-3-4-12-24-15-8-9-17-18(13-15)16-7-5-6-14-10-11-22-20(19(14)16)21(17)23/h5-11,13H,2-4,12H2,1H3. The number of fused-ring (bicyclic) bond motifs is 2. The highest BCUT2D eigenvalue weighted by Crippen LogP contribution is 2.39. The van der Waals surface area contributed by atoms with Crippen LogP contribution in [-0.4, -0.2) is 17.4 Å². The van der Waals surface area contributed by atoms with E-state index in [1.165, 1.54) is 12.8 Å². The molecule has 2 aromatic carbocycles. The Morgan fingerprint density at radius 2 is 1.92 bits per heavy atom. The average Bonchev–Trinajstić information content (AvgIpc) is 2.63. The van der Waals surface area contributed by atoms with Gasteiger partial charge in [-0.25, -0.2) is 0 Å². The predicted octanol–water partition coefficient (Wildman–Crippen LogP) is 5.02. The van der Waals surface area contributed by atoms with Crippen molar-refractivity contribution in [2.45, 2.75) is 26.2 Å². The highest BCUT2D eigenvalue weighted by molar-refractivity contribution is 6.24. The molecule has 120 valence electrons. The van der Waals surface area contributed by atoms with E-state index in [4.69, 9.17) is 4.74 Å². The topological polar surface area (TPSA) is 39.2 Å². The minimum absolute atomic E-state index is 0.00756. The molecule has 1 aliphatic rings.